The number of hydrogen-bond acceptors (Lipinski definition) is 2. The molecule has 1 unspecified atom stereocenters. The molecule has 0 saturated carbocycles. The minimum Gasteiger partial charge on any atom is -0.361 e. The zero-order valence-corrected chi connectivity index (χ0v) is 12.7. The van der Waals surface area contributed by atoms with Gasteiger partial charge in [-0.2, -0.15) is 0 Å². The Hall–Kier alpha value is -1.71. The van der Waals surface area contributed by atoms with E-state index in [0.29, 0.717) is 11.4 Å². The highest BCUT2D eigenvalue weighted by molar-refractivity contribution is 7.99. The molecular weight excluding hydrogens is 302 g/mol. The quantitative estimate of drug-likeness (QED) is 0.666. The van der Waals surface area contributed by atoms with Crippen LogP contribution in [-0.2, 0) is 0 Å². The lowest BCUT2D eigenvalue weighted by Gasteiger charge is -2.23. The lowest BCUT2D eigenvalue weighted by molar-refractivity contribution is 0.0976. The molecule has 21 heavy (non-hydrogen) atoms. The first kappa shape index (κ1) is 13.0. The van der Waals surface area contributed by atoms with Crippen LogP contribution in [0.2, 0.25) is 5.02 Å². The predicted octanol–water partition coefficient (Wildman–Crippen LogP) is 5.24. The number of para-hydroxylation sites is 1. The van der Waals surface area contributed by atoms with E-state index in [1.807, 2.05) is 30.5 Å². The Morgan fingerprint density at radius 2 is 2.05 bits per heavy atom. The fourth-order valence-corrected chi connectivity index (χ4v) is 4.31. The van der Waals surface area contributed by atoms with Gasteiger partial charge in [0.25, 0.3) is 0 Å². The van der Waals surface area contributed by atoms with Gasteiger partial charge in [0.1, 0.15) is 0 Å². The van der Waals surface area contributed by atoms with Gasteiger partial charge in [0.2, 0.25) is 0 Å². The Balaban J connectivity index is 1.78. The van der Waals surface area contributed by atoms with Crippen molar-refractivity contribution < 1.29 is 4.79 Å². The lowest BCUT2D eigenvalue weighted by Crippen LogP contribution is -2.11. The second-order valence-electron chi connectivity index (χ2n) is 5.16. The van der Waals surface area contributed by atoms with Crippen molar-refractivity contribution in [3.8, 4) is 0 Å². The van der Waals surface area contributed by atoms with Crippen LogP contribution in [0.15, 0.2) is 53.6 Å². The molecule has 0 saturated heterocycles. The minimum absolute atomic E-state index is 0.155. The molecule has 3 aromatic rings. The highest BCUT2D eigenvalue weighted by Gasteiger charge is 2.28. The van der Waals surface area contributed by atoms with Gasteiger partial charge >= 0.3 is 0 Å². The fourth-order valence-electron chi connectivity index (χ4n) is 2.83. The standard InChI is InChI=1S/C17H12ClNOS/c18-10-5-6-16-12(7-10)15(20)8-17(21-16)13-9-19-14-4-2-1-3-11(13)14/h1-7,9,17,19H,8H2. The minimum atomic E-state index is 0.155. The van der Waals surface area contributed by atoms with E-state index in [0.717, 1.165) is 16.0 Å². The van der Waals surface area contributed by atoms with E-state index in [-0.39, 0.29) is 11.0 Å². The first-order valence-corrected chi connectivity index (χ1v) is 8.03. The molecule has 0 amide bonds. The molecule has 0 fully saturated rings. The molecule has 1 aliphatic rings. The third-order valence-electron chi connectivity index (χ3n) is 3.85. The second kappa shape index (κ2) is 4.93. The molecule has 0 radical (unpaired) electrons. The van der Waals surface area contributed by atoms with Gasteiger partial charge in [-0.1, -0.05) is 29.8 Å². The van der Waals surface area contributed by atoms with E-state index in [2.05, 4.69) is 17.1 Å². The highest BCUT2D eigenvalue weighted by Crippen LogP contribution is 2.46. The molecule has 0 aliphatic carbocycles. The molecule has 4 rings (SSSR count). The van der Waals surface area contributed by atoms with Gasteiger partial charge in [0.15, 0.2) is 5.78 Å². The maximum absolute atomic E-state index is 12.4. The molecular formula is C17H12ClNOS. The SMILES string of the molecule is O=C1CC(c2c[nH]c3ccccc23)Sc2ccc(Cl)cc21. The maximum atomic E-state index is 12.4. The highest BCUT2D eigenvalue weighted by atomic mass is 35.5. The number of aromatic amines is 1. The van der Waals surface area contributed by atoms with Crippen molar-refractivity contribution in [2.75, 3.05) is 0 Å². The fraction of sp³-hybridized carbons (Fsp3) is 0.118. The third kappa shape index (κ3) is 2.17. The van der Waals surface area contributed by atoms with Gasteiger partial charge in [-0.05, 0) is 29.8 Å². The molecule has 2 aromatic carbocycles. The Bertz CT molecular complexity index is 855. The number of halogens is 1. The summed E-state index contributed by atoms with van der Waals surface area (Å²) in [6, 6.07) is 13.8. The van der Waals surface area contributed by atoms with Gasteiger partial charge in [-0.15, -0.1) is 11.8 Å². The van der Waals surface area contributed by atoms with Gasteiger partial charge in [0, 0.05) is 44.3 Å². The zero-order valence-electron chi connectivity index (χ0n) is 11.1. The Morgan fingerprint density at radius 1 is 1.19 bits per heavy atom. The first-order valence-electron chi connectivity index (χ1n) is 6.78. The smallest absolute Gasteiger partial charge is 0.165 e. The summed E-state index contributed by atoms with van der Waals surface area (Å²) in [5.41, 5.74) is 3.07. The number of Topliss-reactive ketones (excluding diaryl/α,β-unsaturated/α-hetero) is 1. The summed E-state index contributed by atoms with van der Waals surface area (Å²) in [5, 5.41) is 1.97. The van der Waals surface area contributed by atoms with Crippen LogP contribution >= 0.6 is 23.4 Å². The molecule has 2 nitrogen and oxygen atoms in total. The van der Waals surface area contributed by atoms with Gasteiger partial charge in [0.05, 0.1) is 0 Å². The monoisotopic (exact) mass is 313 g/mol. The average Bonchev–Trinajstić information content (AvgIpc) is 2.92. The maximum Gasteiger partial charge on any atom is 0.165 e. The van der Waals surface area contributed by atoms with Gasteiger partial charge < -0.3 is 4.98 Å². The number of H-pyrrole nitrogens is 1. The van der Waals surface area contributed by atoms with Crippen LogP contribution in [0.1, 0.15) is 27.6 Å². The predicted molar refractivity (Wildman–Crippen MR) is 87.3 cm³/mol. The van der Waals surface area contributed by atoms with Crippen molar-refractivity contribution in [1.82, 2.24) is 4.98 Å². The summed E-state index contributed by atoms with van der Waals surface area (Å²) >= 11 is 7.73. The van der Waals surface area contributed by atoms with Crippen molar-refractivity contribution >= 4 is 40.0 Å². The normalized spacial score (nSPS) is 18.0. The summed E-state index contributed by atoms with van der Waals surface area (Å²) in [5.74, 6) is 0.168. The van der Waals surface area contributed by atoms with Gasteiger partial charge in [-0.3, -0.25) is 4.79 Å². The van der Waals surface area contributed by atoms with Crippen molar-refractivity contribution in [1.29, 1.82) is 0 Å². The van der Waals surface area contributed by atoms with Crippen LogP contribution < -0.4 is 0 Å². The Kier molecular flexibility index (Phi) is 3.05. The zero-order chi connectivity index (χ0) is 14.4. The summed E-state index contributed by atoms with van der Waals surface area (Å²) in [7, 11) is 0. The number of fused-ring (bicyclic) bond motifs is 2. The van der Waals surface area contributed by atoms with Crippen LogP contribution in [0.5, 0.6) is 0 Å². The molecule has 1 atom stereocenters. The number of aromatic nitrogens is 1. The number of carbonyl (C=O) groups is 1. The van der Waals surface area contributed by atoms with Crippen LogP contribution in [0.25, 0.3) is 10.9 Å². The third-order valence-corrected chi connectivity index (χ3v) is 5.40. The number of thioether (sulfide) groups is 1. The summed E-state index contributed by atoms with van der Waals surface area (Å²) in [6.45, 7) is 0. The van der Waals surface area contributed by atoms with Crippen molar-refractivity contribution in [3.63, 3.8) is 0 Å². The first-order chi connectivity index (χ1) is 10.2. The van der Waals surface area contributed by atoms with Crippen LogP contribution in [0.3, 0.4) is 0 Å². The summed E-state index contributed by atoms with van der Waals surface area (Å²) < 4.78 is 0. The molecule has 104 valence electrons. The van der Waals surface area contributed by atoms with Crippen LogP contribution in [0, 0.1) is 0 Å². The average molecular weight is 314 g/mol. The van der Waals surface area contributed by atoms with Crippen molar-refractivity contribution in [2.24, 2.45) is 0 Å². The molecule has 0 spiro atoms. The molecule has 1 aliphatic heterocycles. The molecule has 1 N–H and O–H groups in total. The number of ketones is 1. The summed E-state index contributed by atoms with van der Waals surface area (Å²) in [4.78, 5) is 16.7. The molecule has 1 aromatic heterocycles. The van der Waals surface area contributed by atoms with Crippen LogP contribution in [-0.4, -0.2) is 10.8 Å². The van der Waals surface area contributed by atoms with E-state index in [4.69, 9.17) is 11.6 Å². The Labute approximate surface area is 131 Å². The molecule has 2 heterocycles. The van der Waals surface area contributed by atoms with E-state index < -0.39 is 0 Å². The number of benzene rings is 2. The topological polar surface area (TPSA) is 32.9 Å². The van der Waals surface area contributed by atoms with Crippen molar-refractivity contribution in [3.05, 3.63) is 64.8 Å². The second-order valence-corrected chi connectivity index (χ2v) is 6.84. The van der Waals surface area contributed by atoms with Crippen molar-refractivity contribution in [2.45, 2.75) is 16.6 Å². The van der Waals surface area contributed by atoms with Crippen LogP contribution in [0.4, 0.5) is 0 Å². The number of hydrogen-bond donors (Lipinski definition) is 1. The molecule has 0 bridgehead atoms. The largest absolute Gasteiger partial charge is 0.361 e. The number of nitrogens with one attached hydrogen (secondary N) is 1. The van der Waals surface area contributed by atoms with E-state index >= 15 is 0 Å². The number of rotatable bonds is 1. The lowest BCUT2D eigenvalue weighted by atomic mass is 10.0. The Morgan fingerprint density at radius 3 is 2.95 bits per heavy atom. The van der Waals surface area contributed by atoms with E-state index in [1.165, 1.54) is 10.9 Å². The van der Waals surface area contributed by atoms with Gasteiger partial charge in [-0.25, -0.2) is 0 Å². The van der Waals surface area contributed by atoms with E-state index in [9.17, 15) is 4.79 Å². The van der Waals surface area contributed by atoms with E-state index in [1.54, 1.807) is 17.8 Å². The summed E-state index contributed by atoms with van der Waals surface area (Å²) in [6.07, 6.45) is 2.54. The number of carbonyl (C=O) groups excluding carboxylic acids is 1. The molecule has 4 heteroatoms.